The summed E-state index contributed by atoms with van der Waals surface area (Å²) in [7, 11) is 0. The number of aromatic nitrogens is 2. The Kier molecular flexibility index (Phi) is 3.76. The number of halogens is 1. The van der Waals surface area contributed by atoms with E-state index in [1.165, 1.54) is 0 Å². The lowest BCUT2D eigenvalue weighted by Gasteiger charge is -2.22. The quantitative estimate of drug-likeness (QED) is 0.797. The maximum absolute atomic E-state index is 12.5. The van der Waals surface area contributed by atoms with E-state index in [1.54, 1.807) is 13.8 Å². The topological polar surface area (TPSA) is 75.1 Å². The number of carbonyl (C=O) groups is 1. The van der Waals surface area contributed by atoms with Gasteiger partial charge in [-0.15, -0.1) is 0 Å². The van der Waals surface area contributed by atoms with Gasteiger partial charge in [-0.2, -0.15) is 0 Å². The van der Waals surface area contributed by atoms with Crippen LogP contribution < -0.4 is 5.32 Å². The average Bonchev–Trinajstić information content (AvgIpc) is 2.27. The van der Waals surface area contributed by atoms with E-state index in [1.807, 2.05) is 0 Å². The molecule has 0 fully saturated rings. The maximum atomic E-state index is 12.5. The Hall–Kier alpha value is -1.72. The molecule has 1 aromatic heterocycles. The predicted molar refractivity (Wildman–Crippen MR) is 56.5 cm³/mol. The largest absolute Gasteiger partial charge is 0.481 e. The van der Waals surface area contributed by atoms with E-state index in [2.05, 4.69) is 15.3 Å². The smallest absolute Gasteiger partial charge is 0.311 e. The van der Waals surface area contributed by atoms with E-state index in [9.17, 15) is 9.18 Å². The van der Waals surface area contributed by atoms with E-state index in [0.717, 1.165) is 12.4 Å². The Bertz CT molecular complexity index is 369. The van der Waals surface area contributed by atoms with Gasteiger partial charge in [-0.25, -0.2) is 14.4 Å². The molecule has 0 saturated heterocycles. The van der Waals surface area contributed by atoms with Gasteiger partial charge in [0.05, 0.1) is 17.8 Å². The van der Waals surface area contributed by atoms with Crippen LogP contribution in [-0.4, -0.2) is 27.6 Å². The summed E-state index contributed by atoms with van der Waals surface area (Å²) in [6, 6.07) is 0. The standard InChI is InChI=1S/C10H14FN3O2/c1-3-10(2,8(15)16)6-14-9-12-4-7(11)5-13-9/h4-5H,3,6H2,1-2H3,(H,15,16)(H,12,13,14). The third kappa shape index (κ3) is 2.88. The number of carboxylic acids is 1. The van der Waals surface area contributed by atoms with Crippen molar-refractivity contribution in [3.05, 3.63) is 18.2 Å². The van der Waals surface area contributed by atoms with Crippen LogP contribution in [0.4, 0.5) is 10.3 Å². The zero-order valence-corrected chi connectivity index (χ0v) is 9.20. The van der Waals surface area contributed by atoms with Crippen molar-refractivity contribution in [3.8, 4) is 0 Å². The van der Waals surface area contributed by atoms with Crippen LogP contribution in [0.15, 0.2) is 12.4 Å². The zero-order chi connectivity index (χ0) is 12.2. The van der Waals surface area contributed by atoms with Crippen LogP contribution in [0.2, 0.25) is 0 Å². The highest BCUT2D eigenvalue weighted by atomic mass is 19.1. The number of anilines is 1. The predicted octanol–water partition coefficient (Wildman–Crippen LogP) is 1.53. The van der Waals surface area contributed by atoms with Crippen LogP contribution in [0, 0.1) is 11.2 Å². The second-order valence-corrected chi connectivity index (χ2v) is 3.80. The fraction of sp³-hybridized carbons (Fsp3) is 0.500. The molecule has 1 heterocycles. The first-order valence-corrected chi connectivity index (χ1v) is 4.93. The first kappa shape index (κ1) is 12.4. The molecular formula is C10H14FN3O2. The lowest BCUT2D eigenvalue weighted by Crippen LogP contribution is -2.34. The van der Waals surface area contributed by atoms with Gasteiger partial charge >= 0.3 is 5.97 Å². The summed E-state index contributed by atoms with van der Waals surface area (Å²) < 4.78 is 12.5. The van der Waals surface area contributed by atoms with Crippen molar-refractivity contribution in [1.29, 1.82) is 0 Å². The van der Waals surface area contributed by atoms with Crippen LogP contribution in [0.3, 0.4) is 0 Å². The molecule has 0 aliphatic carbocycles. The first-order chi connectivity index (χ1) is 7.48. The number of aliphatic carboxylic acids is 1. The van der Waals surface area contributed by atoms with Gasteiger partial charge in [-0.05, 0) is 13.3 Å². The molecule has 16 heavy (non-hydrogen) atoms. The molecule has 0 bridgehead atoms. The van der Waals surface area contributed by atoms with Gasteiger partial charge in [0.15, 0.2) is 5.82 Å². The molecular weight excluding hydrogens is 213 g/mol. The van der Waals surface area contributed by atoms with E-state index in [0.29, 0.717) is 6.42 Å². The number of carboxylic acid groups (broad SMARTS) is 1. The summed E-state index contributed by atoms with van der Waals surface area (Å²) in [5.74, 6) is -1.19. The van der Waals surface area contributed by atoms with Crippen molar-refractivity contribution in [1.82, 2.24) is 9.97 Å². The fourth-order valence-corrected chi connectivity index (χ4v) is 1.03. The van der Waals surface area contributed by atoms with Gasteiger partial charge < -0.3 is 10.4 Å². The maximum Gasteiger partial charge on any atom is 0.311 e. The van der Waals surface area contributed by atoms with Crippen molar-refractivity contribution < 1.29 is 14.3 Å². The molecule has 0 amide bonds. The Labute approximate surface area is 92.7 Å². The van der Waals surface area contributed by atoms with Crippen molar-refractivity contribution in [2.24, 2.45) is 5.41 Å². The normalized spacial score (nSPS) is 14.2. The van der Waals surface area contributed by atoms with Crippen molar-refractivity contribution in [2.45, 2.75) is 20.3 Å². The fourth-order valence-electron chi connectivity index (χ4n) is 1.03. The van der Waals surface area contributed by atoms with E-state index in [-0.39, 0.29) is 12.5 Å². The first-order valence-electron chi connectivity index (χ1n) is 4.93. The molecule has 1 rings (SSSR count). The number of hydrogen-bond acceptors (Lipinski definition) is 4. The minimum Gasteiger partial charge on any atom is -0.481 e. The summed E-state index contributed by atoms with van der Waals surface area (Å²) in [5.41, 5.74) is -0.877. The number of nitrogens with one attached hydrogen (secondary N) is 1. The molecule has 88 valence electrons. The van der Waals surface area contributed by atoms with Gasteiger partial charge in [0.1, 0.15) is 0 Å². The summed E-state index contributed by atoms with van der Waals surface area (Å²) in [5, 5.41) is 11.8. The monoisotopic (exact) mass is 227 g/mol. The van der Waals surface area contributed by atoms with Gasteiger partial charge in [-0.1, -0.05) is 6.92 Å². The zero-order valence-electron chi connectivity index (χ0n) is 9.20. The lowest BCUT2D eigenvalue weighted by molar-refractivity contribution is -0.147. The lowest BCUT2D eigenvalue weighted by atomic mass is 9.88. The highest BCUT2D eigenvalue weighted by Crippen LogP contribution is 2.21. The van der Waals surface area contributed by atoms with E-state index >= 15 is 0 Å². The molecule has 0 radical (unpaired) electrons. The van der Waals surface area contributed by atoms with Crippen molar-refractivity contribution in [2.75, 3.05) is 11.9 Å². The molecule has 2 N–H and O–H groups in total. The Morgan fingerprint density at radius 2 is 2.12 bits per heavy atom. The molecule has 0 aliphatic heterocycles. The second kappa shape index (κ2) is 4.87. The highest BCUT2D eigenvalue weighted by Gasteiger charge is 2.30. The third-order valence-electron chi connectivity index (χ3n) is 2.55. The Morgan fingerprint density at radius 3 is 2.56 bits per heavy atom. The second-order valence-electron chi connectivity index (χ2n) is 3.80. The summed E-state index contributed by atoms with van der Waals surface area (Å²) >= 11 is 0. The molecule has 0 spiro atoms. The minimum atomic E-state index is -0.885. The van der Waals surface area contributed by atoms with Gasteiger partial charge in [0.25, 0.3) is 0 Å². The SMILES string of the molecule is CCC(C)(CNc1ncc(F)cn1)C(=O)O. The van der Waals surface area contributed by atoms with Gasteiger partial charge in [0, 0.05) is 6.54 Å². The van der Waals surface area contributed by atoms with E-state index < -0.39 is 17.2 Å². The number of nitrogens with zero attached hydrogens (tertiary/aromatic N) is 2. The minimum absolute atomic E-state index is 0.199. The highest BCUT2D eigenvalue weighted by molar-refractivity contribution is 5.74. The van der Waals surface area contributed by atoms with Gasteiger partial charge in [-0.3, -0.25) is 4.79 Å². The van der Waals surface area contributed by atoms with E-state index in [4.69, 9.17) is 5.11 Å². The third-order valence-corrected chi connectivity index (χ3v) is 2.55. The van der Waals surface area contributed by atoms with Crippen LogP contribution >= 0.6 is 0 Å². The molecule has 0 aliphatic rings. The van der Waals surface area contributed by atoms with Gasteiger partial charge in [0.2, 0.25) is 5.95 Å². The molecule has 5 nitrogen and oxygen atoms in total. The summed E-state index contributed by atoms with van der Waals surface area (Å²) in [4.78, 5) is 18.4. The molecule has 6 heteroatoms. The molecule has 1 unspecified atom stereocenters. The van der Waals surface area contributed by atoms with Crippen LogP contribution in [0.1, 0.15) is 20.3 Å². The summed E-state index contributed by atoms with van der Waals surface area (Å²) in [6.07, 6.45) is 2.54. The Balaban J connectivity index is 2.63. The van der Waals surface area contributed by atoms with Crippen LogP contribution in [0.5, 0.6) is 0 Å². The summed E-state index contributed by atoms with van der Waals surface area (Å²) in [6.45, 7) is 3.62. The van der Waals surface area contributed by atoms with Crippen LogP contribution in [-0.2, 0) is 4.79 Å². The average molecular weight is 227 g/mol. The van der Waals surface area contributed by atoms with Crippen molar-refractivity contribution in [3.63, 3.8) is 0 Å². The molecule has 0 saturated carbocycles. The molecule has 0 aromatic carbocycles. The number of rotatable bonds is 5. The Morgan fingerprint density at radius 1 is 1.56 bits per heavy atom. The molecule has 1 aromatic rings. The number of hydrogen-bond donors (Lipinski definition) is 2. The van der Waals surface area contributed by atoms with Crippen LogP contribution in [0.25, 0.3) is 0 Å². The van der Waals surface area contributed by atoms with Crippen molar-refractivity contribution >= 4 is 11.9 Å². The molecule has 1 atom stereocenters.